The maximum atomic E-state index is 12.1. The molecule has 0 saturated heterocycles. The summed E-state index contributed by atoms with van der Waals surface area (Å²) in [7, 11) is 0. The van der Waals surface area contributed by atoms with Crippen LogP contribution in [0.15, 0.2) is 73.7 Å². The monoisotopic (exact) mass is 676 g/mol. The van der Waals surface area contributed by atoms with E-state index in [-0.39, 0.29) is 23.3 Å². The van der Waals surface area contributed by atoms with Gasteiger partial charge in [-0.2, -0.15) is 0 Å². The van der Waals surface area contributed by atoms with Crippen molar-refractivity contribution >= 4 is 5.78 Å². The van der Waals surface area contributed by atoms with Crippen LogP contribution in [0.1, 0.15) is 139 Å². The van der Waals surface area contributed by atoms with Gasteiger partial charge in [-0.25, -0.2) is 0 Å². The Morgan fingerprint density at radius 1 is 0.939 bits per heavy atom. The normalized spacial score (nSPS) is 17.9. The quantitative estimate of drug-likeness (QED) is 0.107. The number of fused-ring (bicyclic) bond motifs is 1. The Hall–Kier alpha value is -2.75. The molecule has 4 unspecified atom stereocenters. The van der Waals surface area contributed by atoms with Crippen LogP contribution < -0.4 is 16.0 Å². The molecule has 2 aliphatic rings. The summed E-state index contributed by atoms with van der Waals surface area (Å²) in [6.07, 6.45) is 13.2. The van der Waals surface area contributed by atoms with Crippen molar-refractivity contribution in [2.75, 3.05) is 0 Å². The van der Waals surface area contributed by atoms with E-state index in [4.69, 9.17) is 0 Å². The number of rotatable bonds is 18. The van der Waals surface area contributed by atoms with Crippen LogP contribution in [0.25, 0.3) is 0 Å². The average molecular weight is 676 g/mol. The highest BCUT2D eigenvalue weighted by molar-refractivity contribution is 5.94. The molecule has 3 rings (SSSR count). The maximum absolute atomic E-state index is 12.1. The lowest BCUT2D eigenvalue weighted by atomic mass is 9.79. The van der Waals surface area contributed by atoms with E-state index in [1.165, 1.54) is 61.3 Å². The van der Waals surface area contributed by atoms with Gasteiger partial charge in [0.2, 0.25) is 0 Å². The van der Waals surface area contributed by atoms with Crippen LogP contribution in [0.5, 0.6) is 0 Å². The lowest BCUT2D eigenvalue weighted by Gasteiger charge is -2.35. The first kappa shape index (κ1) is 44.3. The van der Waals surface area contributed by atoms with E-state index in [2.05, 4.69) is 143 Å². The van der Waals surface area contributed by atoms with Crippen LogP contribution in [-0.2, 0) is 17.6 Å². The number of hydrogen-bond acceptors (Lipinski definition) is 4. The lowest BCUT2D eigenvalue weighted by molar-refractivity contribution is -0.117. The third-order valence-electron chi connectivity index (χ3n) is 11.0. The summed E-state index contributed by atoms with van der Waals surface area (Å²) in [4.78, 5) is 12.1. The Balaban J connectivity index is 0.000000460. The summed E-state index contributed by atoms with van der Waals surface area (Å²) in [6, 6.07) is 9.35. The van der Waals surface area contributed by atoms with Gasteiger partial charge >= 0.3 is 0 Å². The van der Waals surface area contributed by atoms with E-state index >= 15 is 0 Å². The Kier molecular flexibility index (Phi) is 20.0. The number of allylic oxidation sites excluding steroid dienone is 1. The number of carbonyl (C=O) groups excluding carboxylic acids is 1. The smallest absolute Gasteiger partial charge is 0.177 e. The van der Waals surface area contributed by atoms with Gasteiger partial charge in [0.05, 0.1) is 17.9 Å². The average Bonchev–Trinajstić information content (AvgIpc) is 3.47. The van der Waals surface area contributed by atoms with Gasteiger partial charge < -0.3 is 16.0 Å². The van der Waals surface area contributed by atoms with Gasteiger partial charge in [0.15, 0.2) is 5.78 Å². The molecule has 0 spiro atoms. The number of nitrogens with one attached hydrogen (secondary N) is 3. The SMILES string of the molecule is C=C(NC(C(=C)C)C1Cc2ccccc2C1)NC(CCC)C(C)(C)C.C=CC(=O)C(CC1CCC1)NC(=C)C(C)[C@@H](C)[C@@H](C)CC.CCC. The van der Waals surface area contributed by atoms with Gasteiger partial charge in [0.1, 0.15) is 0 Å². The van der Waals surface area contributed by atoms with Gasteiger partial charge in [-0.3, -0.25) is 4.79 Å². The van der Waals surface area contributed by atoms with Gasteiger partial charge in [-0.05, 0) is 84.8 Å². The molecule has 0 radical (unpaired) electrons. The Bertz CT molecular complexity index is 1150. The van der Waals surface area contributed by atoms with Crippen LogP contribution >= 0.6 is 0 Å². The predicted octanol–water partition coefficient (Wildman–Crippen LogP) is 11.3. The highest BCUT2D eigenvalue weighted by atomic mass is 16.1. The summed E-state index contributed by atoms with van der Waals surface area (Å²) in [5.41, 5.74) is 5.37. The van der Waals surface area contributed by atoms with Crippen molar-refractivity contribution in [1.29, 1.82) is 0 Å². The molecule has 1 fully saturated rings. The predicted molar refractivity (Wildman–Crippen MR) is 216 cm³/mol. The van der Waals surface area contributed by atoms with E-state index in [0.29, 0.717) is 35.6 Å². The number of benzene rings is 1. The van der Waals surface area contributed by atoms with Crippen LogP contribution in [0.3, 0.4) is 0 Å². The topological polar surface area (TPSA) is 53.2 Å². The lowest BCUT2D eigenvalue weighted by Crippen LogP contribution is -2.46. The second kappa shape index (κ2) is 22.1. The van der Waals surface area contributed by atoms with E-state index in [9.17, 15) is 4.79 Å². The zero-order chi connectivity index (χ0) is 37.3. The molecule has 1 aromatic carbocycles. The van der Waals surface area contributed by atoms with E-state index in [1.807, 2.05) is 0 Å². The van der Waals surface area contributed by atoms with Crippen LogP contribution in [0, 0.1) is 35.0 Å². The van der Waals surface area contributed by atoms with Crippen LogP contribution in [0.4, 0.5) is 0 Å². The Labute approximate surface area is 304 Å². The molecule has 0 heterocycles. The zero-order valence-electron chi connectivity index (χ0n) is 33.8. The highest BCUT2D eigenvalue weighted by Crippen LogP contribution is 2.33. The van der Waals surface area contributed by atoms with E-state index in [0.717, 1.165) is 37.2 Å². The van der Waals surface area contributed by atoms with E-state index < -0.39 is 0 Å². The summed E-state index contributed by atoms with van der Waals surface area (Å²) < 4.78 is 0. The molecule has 0 aromatic heterocycles. The minimum absolute atomic E-state index is 0.103. The van der Waals surface area contributed by atoms with Crippen molar-refractivity contribution in [3.63, 3.8) is 0 Å². The standard InChI is InChI=1S/C23H36N2.C19H33NO.C3H8/c1-8-11-21(23(5,6)7)24-17(4)25-22(16(2)3)20-14-18-12-9-10-13-19(18)15-20;1-7-13(3)14(4)15(5)16(6)20-18(19(21)8-2)12-17-10-9-11-17;1-3-2/h9-10,12-13,20-22,24-25H,2,4,8,11,14-15H2,1,3,5-7H3;8,13-15,17-18,20H,2,6-7,9-12H2,1,3-5H3;3H2,1-2H3/t;13-,14-,15?,18?;/m.0./s1. The fourth-order valence-electron chi connectivity index (χ4n) is 6.91. The maximum Gasteiger partial charge on any atom is 0.177 e. The molecule has 0 aliphatic heterocycles. The molecule has 1 aromatic rings. The van der Waals surface area contributed by atoms with Crippen molar-refractivity contribution in [3.05, 3.63) is 84.9 Å². The van der Waals surface area contributed by atoms with Crippen LogP contribution in [0.2, 0.25) is 0 Å². The summed E-state index contributed by atoms with van der Waals surface area (Å²) in [5, 5.41) is 10.7. The van der Waals surface area contributed by atoms with Crippen molar-refractivity contribution in [3.8, 4) is 0 Å². The second-order valence-electron chi connectivity index (χ2n) is 16.3. The molecule has 6 atom stereocenters. The van der Waals surface area contributed by atoms with Crippen molar-refractivity contribution in [1.82, 2.24) is 16.0 Å². The largest absolute Gasteiger partial charge is 0.379 e. The van der Waals surface area contributed by atoms with Gasteiger partial charge in [0.25, 0.3) is 0 Å². The number of hydrogen-bond donors (Lipinski definition) is 3. The zero-order valence-corrected chi connectivity index (χ0v) is 33.8. The molecule has 49 heavy (non-hydrogen) atoms. The van der Waals surface area contributed by atoms with E-state index in [1.54, 1.807) is 0 Å². The fraction of sp³-hybridized carbons (Fsp3) is 0.667. The highest BCUT2D eigenvalue weighted by Gasteiger charge is 2.31. The second-order valence-corrected chi connectivity index (χ2v) is 16.3. The van der Waals surface area contributed by atoms with Gasteiger partial charge in [-0.1, -0.05) is 164 Å². The van der Waals surface area contributed by atoms with Crippen molar-refractivity contribution in [2.45, 2.75) is 158 Å². The minimum atomic E-state index is -0.133. The summed E-state index contributed by atoms with van der Waals surface area (Å²) in [6.45, 7) is 40.9. The van der Waals surface area contributed by atoms with Crippen LogP contribution in [-0.4, -0.2) is 23.9 Å². The molecule has 4 nitrogen and oxygen atoms in total. The minimum Gasteiger partial charge on any atom is -0.379 e. The third kappa shape index (κ3) is 14.9. The molecule has 4 heteroatoms. The first-order chi connectivity index (χ1) is 23.0. The Morgan fingerprint density at radius 2 is 1.49 bits per heavy atom. The number of ketones is 1. The summed E-state index contributed by atoms with van der Waals surface area (Å²) in [5.74, 6) is 3.89. The van der Waals surface area contributed by atoms with Gasteiger partial charge in [-0.15, -0.1) is 0 Å². The van der Waals surface area contributed by atoms with Crippen molar-refractivity contribution in [2.24, 2.45) is 35.0 Å². The molecule has 1 saturated carbocycles. The molecular weight excluding hydrogens is 599 g/mol. The van der Waals surface area contributed by atoms with Gasteiger partial charge in [0, 0.05) is 11.7 Å². The molecule has 0 amide bonds. The third-order valence-corrected chi connectivity index (χ3v) is 11.0. The molecule has 0 bridgehead atoms. The fourth-order valence-corrected chi connectivity index (χ4v) is 6.91. The molecule has 2 aliphatic carbocycles. The van der Waals surface area contributed by atoms with Crippen molar-refractivity contribution < 1.29 is 4.79 Å². The molecule has 278 valence electrons. The first-order valence-corrected chi connectivity index (χ1v) is 19.6. The first-order valence-electron chi connectivity index (χ1n) is 19.6. The molecule has 3 N–H and O–H groups in total. The summed E-state index contributed by atoms with van der Waals surface area (Å²) >= 11 is 0. The molecular formula is C45H77N3O. The Morgan fingerprint density at radius 3 is 1.90 bits per heavy atom. The number of carbonyl (C=O) groups is 1.